The van der Waals surface area contributed by atoms with Crippen molar-refractivity contribution in [3.05, 3.63) is 71.0 Å². The van der Waals surface area contributed by atoms with Crippen LogP contribution >= 0.6 is 11.6 Å². The zero-order valence-corrected chi connectivity index (χ0v) is 17.9. The third-order valence-electron chi connectivity index (χ3n) is 5.63. The summed E-state index contributed by atoms with van der Waals surface area (Å²) >= 11 is 6.21. The third-order valence-corrected chi connectivity index (χ3v) is 5.87. The molecular weight excluding hydrogens is 416 g/mol. The molecule has 1 unspecified atom stereocenters. The Hall–Kier alpha value is -3.45. The monoisotopic (exact) mass is 436 g/mol. The molecule has 0 radical (unpaired) electrons. The van der Waals surface area contributed by atoms with Crippen LogP contribution in [0.2, 0.25) is 5.02 Å². The van der Waals surface area contributed by atoms with Gasteiger partial charge in [0.15, 0.2) is 0 Å². The predicted molar refractivity (Wildman–Crippen MR) is 119 cm³/mol. The number of likely N-dealkylation sites (N-methyl/N-ethyl adjacent to an activating group) is 1. The number of fused-ring (bicyclic) bond motifs is 2. The second kappa shape index (κ2) is 8.00. The Bertz CT molecular complexity index is 1210. The fraction of sp³-hybridized carbons (Fsp3) is 0.217. The molecule has 2 aromatic carbocycles. The molecule has 4 rings (SSSR count). The lowest BCUT2D eigenvalue weighted by atomic mass is 9.75. The van der Waals surface area contributed by atoms with Crippen LogP contribution in [0.25, 0.3) is 10.8 Å². The van der Waals surface area contributed by atoms with Gasteiger partial charge in [-0.25, -0.2) is 0 Å². The minimum Gasteiger partial charge on any atom is -0.358 e. The van der Waals surface area contributed by atoms with E-state index < -0.39 is 5.41 Å². The molecule has 3 amide bonds. The highest BCUT2D eigenvalue weighted by molar-refractivity contribution is 6.31. The number of pyridine rings is 1. The van der Waals surface area contributed by atoms with Crippen LogP contribution in [0.1, 0.15) is 22.8 Å². The zero-order valence-electron chi connectivity index (χ0n) is 17.1. The molecule has 0 fully saturated rings. The first-order chi connectivity index (χ1) is 14.8. The van der Waals surface area contributed by atoms with Crippen LogP contribution in [0.3, 0.4) is 0 Å². The Morgan fingerprint density at radius 3 is 2.74 bits per heavy atom. The van der Waals surface area contributed by atoms with Crippen LogP contribution in [0, 0.1) is 0 Å². The van der Waals surface area contributed by atoms with Gasteiger partial charge in [0.05, 0.1) is 23.8 Å². The van der Waals surface area contributed by atoms with Crippen molar-refractivity contribution in [1.29, 1.82) is 0 Å². The van der Waals surface area contributed by atoms with E-state index in [1.54, 1.807) is 37.5 Å². The fourth-order valence-electron chi connectivity index (χ4n) is 3.92. The summed E-state index contributed by atoms with van der Waals surface area (Å²) in [6, 6.07) is 12.5. The lowest BCUT2D eigenvalue weighted by Crippen LogP contribution is -2.55. The lowest BCUT2D eigenvalue weighted by molar-refractivity contribution is -0.124. The number of rotatable bonds is 4. The van der Waals surface area contributed by atoms with Gasteiger partial charge in [0.1, 0.15) is 0 Å². The van der Waals surface area contributed by atoms with Crippen molar-refractivity contribution in [3.63, 3.8) is 0 Å². The number of hydrogen-bond donors (Lipinski definition) is 2. The standard InChI is InChI=1S/C23H21ClN4O3/c1-23(22(31)27-19-11-26-10-14-5-3-4-6-16(14)19)13-28(12-20(29)25-2)21(30)17-8-7-15(24)9-18(17)23/h3-11H,12-13H2,1-2H3,(H,25,29)(H,27,31). The van der Waals surface area contributed by atoms with Crippen molar-refractivity contribution in [1.82, 2.24) is 15.2 Å². The first-order valence-electron chi connectivity index (χ1n) is 9.77. The van der Waals surface area contributed by atoms with Gasteiger partial charge in [0.2, 0.25) is 11.8 Å². The van der Waals surface area contributed by atoms with E-state index in [2.05, 4.69) is 15.6 Å². The predicted octanol–water partition coefficient (Wildman–Crippen LogP) is 2.99. The molecule has 1 aromatic heterocycles. The SMILES string of the molecule is CNC(=O)CN1CC(C)(C(=O)Nc2cncc3ccccc23)c2cc(Cl)ccc2C1=O. The number of benzene rings is 2. The molecule has 0 saturated carbocycles. The van der Waals surface area contributed by atoms with Gasteiger partial charge in [-0.15, -0.1) is 0 Å². The topological polar surface area (TPSA) is 91.4 Å². The number of anilines is 1. The van der Waals surface area contributed by atoms with Crippen LogP contribution < -0.4 is 10.6 Å². The number of nitrogens with one attached hydrogen (secondary N) is 2. The molecule has 8 heteroatoms. The number of nitrogens with zero attached hydrogens (tertiary/aromatic N) is 2. The smallest absolute Gasteiger partial charge is 0.254 e. The summed E-state index contributed by atoms with van der Waals surface area (Å²) in [7, 11) is 1.50. The van der Waals surface area contributed by atoms with Gasteiger partial charge in [0, 0.05) is 41.1 Å². The molecular formula is C23H21ClN4O3. The number of carbonyl (C=O) groups excluding carboxylic acids is 3. The quantitative estimate of drug-likeness (QED) is 0.657. The molecule has 7 nitrogen and oxygen atoms in total. The molecule has 1 aliphatic heterocycles. The second-order valence-electron chi connectivity index (χ2n) is 7.72. The van der Waals surface area contributed by atoms with Gasteiger partial charge < -0.3 is 15.5 Å². The summed E-state index contributed by atoms with van der Waals surface area (Å²) in [5, 5.41) is 7.68. The average molecular weight is 437 g/mol. The second-order valence-corrected chi connectivity index (χ2v) is 8.16. The number of amides is 3. The van der Waals surface area contributed by atoms with Gasteiger partial charge in [-0.3, -0.25) is 19.4 Å². The molecule has 3 aromatic rings. The Morgan fingerprint density at radius 2 is 1.97 bits per heavy atom. The minimum absolute atomic E-state index is 0.0383. The third kappa shape index (κ3) is 3.72. The normalized spacial score (nSPS) is 17.9. The van der Waals surface area contributed by atoms with Crippen molar-refractivity contribution in [2.24, 2.45) is 0 Å². The molecule has 2 heterocycles. The molecule has 0 bridgehead atoms. The van der Waals surface area contributed by atoms with Crippen LogP contribution in [0.4, 0.5) is 5.69 Å². The van der Waals surface area contributed by atoms with Crippen molar-refractivity contribution >= 4 is 45.8 Å². The van der Waals surface area contributed by atoms with E-state index in [1.165, 1.54) is 11.9 Å². The van der Waals surface area contributed by atoms with Gasteiger partial charge in [0.25, 0.3) is 5.91 Å². The number of halogens is 1. The minimum atomic E-state index is -1.13. The highest BCUT2D eigenvalue weighted by Crippen LogP contribution is 2.37. The van der Waals surface area contributed by atoms with E-state index in [0.717, 1.165) is 10.8 Å². The summed E-state index contributed by atoms with van der Waals surface area (Å²) in [6.07, 6.45) is 3.32. The summed E-state index contributed by atoms with van der Waals surface area (Å²) < 4.78 is 0. The van der Waals surface area contributed by atoms with E-state index in [4.69, 9.17) is 11.6 Å². The van der Waals surface area contributed by atoms with E-state index in [0.29, 0.717) is 21.8 Å². The van der Waals surface area contributed by atoms with Crippen molar-refractivity contribution in [2.75, 3.05) is 25.5 Å². The maximum atomic E-state index is 13.6. The maximum absolute atomic E-state index is 13.6. The molecule has 0 saturated heterocycles. The van der Waals surface area contributed by atoms with Gasteiger partial charge in [-0.05, 0) is 30.7 Å². The van der Waals surface area contributed by atoms with Crippen LogP contribution in [0.5, 0.6) is 0 Å². The maximum Gasteiger partial charge on any atom is 0.254 e. The molecule has 0 spiro atoms. The Labute approximate surface area is 184 Å². The largest absolute Gasteiger partial charge is 0.358 e. The van der Waals surface area contributed by atoms with Crippen LogP contribution in [-0.2, 0) is 15.0 Å². The Kier molecular flexibility index (Phi) is 5.37. The first-order valence-corrected chi connectivity index (χ1v) is 10.2. The molecule has 2 N–H and O–H groups in total. The number of aromatic nitrogens is 1. The average Bonchev–Trinajstić information content (AvgIpc) is 2.77. The summed E-state index contributed by atoms with van der Waals surface area (Å²) in [5.41, 5.74) is 0.332. The summed E-state index contributed by atoms with van der Waals surface area (Å²) in [4.78, 5) is 44.2. The lowest BCUT2D eigenvalue weighted by Gasteiger charge is -2.40. The molecule has 1 atom stereocenters. The van der Waals surface area contributed by atoms with Crippen molar-refractivity contribution < 1.29 is 14.4 Å². The number of carbonyl (C=O) groups is 3. The van der Waals surface area contributed by atoms with E-state index in [-0.39, 0.29) is 30.8 Å². The van der Waals surface area contributed by atoms with Crippen LogP contribution in [0.15, 0.2) is 54.9 Å². The fourth-order valence-corrected chi connectivity index (χ4v) is 4.09. The highest BCUT2D eigenvalue weighted by Gasteiger charge is 2.45. The van der Waals surface area contributed by atoms with Gasteiger partial charge in [-0.2, -0.15) is 0 Å². The molecule has 158 valence electrons. The zero-order chi connectivity index (χ0) is 22.2. The van der Waals surface area contributed by atoms with E-state index >= 15 is 0 Å². The number of hydrogen-bond acceptors (Lipinski definition) is 4. The van der Waals surface area contributed by atoms with Crippen LogP contribution in [-0.4, -0.2) is 47.7 Å². The Balaban J connectivity index is 1.76. The first kappa shape index (κ1) is 20.8. The van der Waals surface area contributed by atoms with Gasteiger partial charge in [-0.1, -0.05) is 35.9 Å². The summed E-state index contributed by atoms with van der Waals surface area (Å²) in [6.45, 7) is 1.64. The molecule has 31 heavy (non-hydrogen) atoms. The van der Waals surface area contributed by atoms with Gasteiger partial charge >= 0.3 is 0 Å². The highest BCUT2D eigenvalue weighted by atomic mass is 35.5. The molecule has 1 aliphatic rings. The molecule has 0 aliphatic carbocycles. The summed E-state index contributed by atoms with van der Waals surface area (Å²) in [5.74, 6) is -0.942. The Morgan fingerprint density at radius 1 is 1.19 bits per heavy atom. The van der Waals surface area contributed by atoms with E-state index in [9.17, 15) is 14.4 Å². The van der Waals surface area contributed by atoms with E-state index in [1.807, 2.05) is 24.3 Å². The van der Waals surface area contributed by atoms with Crippen molar-refractivity contribution in [3.8, 4) is 0 Å². The van der Waals surface area contributed by atoms with Crippen molar-refractivity contribution in [2.45, 2.75) is 12.3 Å².